The van der Waals surface area contributed by atoms with Crippen LogP contribution < -0.4 is 0 Å². The SMILES string of the molecule is CC(C)(C)S(=O)(=O)CCI. The minimum Gasteiger partial charge on any atom is -0.228 e. The number of hydrogen-bond donors (Lipinski definition) is 0. The van der Waals surface area contributed by atoms with E-state index >= 15 is 0 Å². The molecule has 0 aliphatic rings. The Morgan fingerprint density at radius 3 is 1.80 bits per heavy atom. The second-order valence-electron chi connectivity index (χ2n) is 3.12. The van der Waals surface area contributed by atoms with Crippen LogP contribution in [0.25, 0.3) is 0 Å². The average Bonchev–Trinajstić information content (AvgIpc) is 1.61. The maximum Gasteiger partial charge on any atom is 0.155 e. The van der Waals surface area contributed by atoms with Gasteiger partial charge in [-0.2, -0.15) is 0 Å². The molecule has 0 N–H and O–H groups in total. The smallest absolute Gasteiger partial charge is 0.155 e. The van der Waals surface area contributed by atoms with Crippen molar-refractivity contribution in [2.24, 2.45) is 0 Å². The third kappa shape index (κ3) is 2.74. The molecule has 0 bridgehead atoms. The van der Waals surface area contributed by atoms with E-state index in [1.807, 2.05) is 0 Å². The van der Waals surface area contributed by atoms with Gasteiger partial charge in [-0.3, -0.25) is 0 Å². The fraction of sp³-hybridized carbons (Fsp3) is 1.00. The summed E-state index contributed by atoms with van der Waals surface area (Å²) in [6.45, 7) is 5.19. The Morgan fingerprint density at radius 2 is 1.70 bits per heavy atom. The summed E-state index contributed by atoms with van der Waals surface area (Å²) in [5, 5.41) is 0. The van der Waals surface area contributed by atoms with Crippen LogP contribution in [0.4, 0.5) is 0 Å². The van der Waals surface area contributed by atoms with E-state index in [4.69, 9.17) is 0 Å². The van der Waals surface area contributed by atoms with Crippen LogP contribution in [0, 0.1) is 0 Å². The molecule has 0 spiro atoms. The van der Waals surface area contributed by atoms with Gasteiger partial charge in [0.1, 0.15) is 0 Å². The highest BCUT2D eigenvalue weighted by Gasteiger charge is 2.27. The van der Waals surface area contributed by atoms with Crippen molar-refractivity contribution < 1.29 is 8.42 Å². The average molecular weight is 276 g/mol. The molecule has 2 nitrogen and oxygen atoms in total. The van der Waals surface area contributed by atoms with E-state index in [1.165, 1.54) is 0 Å². The summed E-state index contributed by atoms with van der Waals surface area (Å²) in [6.07, 6.45) is 0. The van der Waals surface area contributed by atoms with E-state index < -0.39 is 14.6 Å². The second-order valence-corrected chi connectivity index (χ2v) is 7.06. The van der Waals surface area contributed by atoms with E-state index in [2.05, 4.69) is 22.6 Å². The molecule has 0 aromatic heterocycles. The lowest BCUT2D eigenvalue weighted by Gasteiger charge is -2.17. The number of hydrogen-bond acceptors (Lipinski definition) is 2. The van der Waals surface area contributed by atoms with Gasteiger partial charge in [0, 0.05) is 4.43 Å². The summed E-state index contributed by atoms with van der Waals surface area (Å²) in [6, 6.07) is 0. The molecule has 0 radical (unpaired) electrons. The molecule has 0 saturated carbocycles. The zero-order valence-corrected chi connectivity index (χ0v) is 9.49. The maximum atomic E-state index is 11.2. The van der Waals surface area contributed by atoms with Crippen LogP contribution in [0.2, 0.25) is 0 Å². The van der Waals surface area contributed by atoms with E-state index in [0.29, 0.717) is 4.43 Å². The Bertz CT molecular complexity index is 188. The molecule has 0 aromatic rings. The fourth-order valence-corrected chi connectivity index (χ4v) is 2.96. The van der Waals surface area contributed by atoms with E-state index in [0.717, 1.165) is 0 Å². The highest BCUT2D eigenvalue weighted by atomic mass is 127. The molecule has 62 valence electrons. The zero-order valence-electron chi connectivity index (χ0n) is 6.52. The zero-order chi connectivity index (χ0) is 8.41. The highest BCUT2D eigenvalue weighted by molar-refractivity contribution is 14.1. The van der Waals surface area contributed by atoms with E-state index in [1.54, 1.807) is 20.8 Å². The predicted octanol–water partition coefficient (Wildman–Crippen LogP) is 1.63. The Balaban J connectivity index is 4.44. The molecule has 0 atom stereocenters. The van der Waals surface area contributed by atoms with Crippen molar-refractivity contribution in [2.45, 2.75) is 25.5 Å². The molecule has 0 fully saturated rings. The van der Waals surface area contributed by atoms with E-state index in [9.17, 15) is 8.42 Å². The summed E-state index contributed by atoms with van der Waals surface area (Å²) >= 11 is 2.07. The predicted molar refractivity (Wildman–Crippen MR) is 52.4 cm³/mol. The van der Waals surface area contributed by atoms with Crippen molar-refractivity contribution in [2.75, 3.05) is 10.2 Å². The van der Waals surface area contributed by atoms with Crippen molar-refractivity contribution in [3.05, 3.63) is 0 Å². The number of halogens is 1. The van der Waals surface area contributed by atoms with Gasteiger partial charge in [0.25, 0.3) is 0 Å². The van der Waals surface area contributed by atoms with Gasteiger partial charge in [-0.1, -0.05) is 22.6 Å². The Hall–Kier alpha value is 0.680. The third-order valence-corrected chi connectivity index (χ3v) is 5.16. The van der Waals surface area contributed by atoms with Crippen molar-refractivity contribution in [3.63, 3.8) is 0 Å². The van der Waals surface area contributed by atoms with Crippen LogP contribution in [0.15, 0.2) is 0 Å². The van der Waals surface area contributed by atoms with Crippen LogP contribution in [0.5, 0.6) is 0 Å². The fourth-order valence-electron chi connectivity index (χ4n) is 0.408. The van der Waals surface area contributed by atoms with Crippen LogP contribution in [0.3, 0.4) is 0 Å². The molecule has 0 unspecified atom stereocenters. The molecule has 0 aliphatic heterocycles. The number of alkyl halides is 1. The topological polar surface area (TPSA) is 34.1 Å². The first-order valence-electron chi connectivity index (χ1n) is 3.09. The van der Waals surface area contributed by atoms with Crippen LogP contribution in [0.1, 0.15) is 20.8 Å². The minimum absolute atomic E-state index is 0.289. The van der Waals surface area contributed by atoms with Gasteiger partial charge in [0.2, 0.25) is 0 Å². The quantitative estimate of drug-likeness (QED) is 0.567. The van der Waals surface area contributed by atoms with Crippen LogP contribution >= 0.6 is 22.6 Å². The molecule has 0 heterocycles. The van der Waals surface area contributed by atoms with Gasteiger partial charge >= 0.3 is 0 Å². The van der Waals surface area contributed by atoms with Crippen LogP contribution in [-0.4, -0.2) is 23.3 Å². The summed E-state index contributed by atoms with van der Waals surface area (Å²) < 4.78 is 22.6. The van der Waals surface area contributed by atoms with Gasteiger partial charge in [-0.25, -0.2) is 8.42 Å². The normalized spacial score (nSPS) is 13.6. The van der Waals surface area contributed by atoms with Gasteiger partial charge in [0.05, 0.1) is 10.5 Å². The van der Waals surface area contributed by atoms with E-state index in [-0.39, 0.29) is 5.75 Å². The molecule has 0 saturated heterocycles. The van der Waals surface area contributed by atoms with Crippen molar-refractivity contribution in [1.82, 2.24) is 0 Å². The Kier molecular flexibility index (Phi) is 3.61. The third-order valence-electron chi connectivity index (χ3n) is 1.28. The molecule has 10 heavy (non-hydrogen) atoms. The molecule has 4 heteroatoms. The lowest BCUT2D eigenvalue weighted by Crippen LogP contribution is -2.30. The summed E-state index contributed by atoms with van der Waals surface area (Å²) in [5.41, 5.74) is 0. The van der Waals surface area contributed by atoms with Gasteiger partial charge in [-0.15, -0.1) is 0 Å². The number of sulfone groups is 1. The Morgan fingerprint density at radius 1 is 1.30 bits per heavy atom. The first-order valence-corrected chi connectivity index (χ1v) is 6.27. The first kappa shape index (κ1) is 10.7. The van der Waals surface area contributed by atoms with Gasteiger partial charge < -0.3 is 0 Å². The van der Waals surface area contributed by atoms with Crippen molar-refractivity contribution >= 4 is 32.4 Å². The summed E-state index contributed by atoms with van der Waals surface area (Å²) in [4.78, 5) is 0. The summed E-state index contributed by atoms with van der Waals surface area (Å²) in [5.74, 6) is 0.289. The van der Waals surface area contributed by atoms with Crippen LogP contribution in [-0.2, 0) is 9.84 Å². The maximum absolute atomic E-state index is 11.2. The largest absolute Gasteiger partial charge is 0.228 e. The lowest BCUT2D eigenvalue weighted by atomic mass is 10.3. The molecular weight excluding hydrogens is 263 g/mol. The first-order chi connectivity index (χ1) is 4.31. The molecule has 0 rings (SSSR count). The van der Waals surface area contributed by atoms with Crippen molar-refractivity contribution in [1.29, 1.82) is 0 Å². The summed E-state index contributed by atoms with van der Waals surface area (Å²) in [7, 11) is -2.86. The van der Waals surface area contributed by atoms with Crippen molar-refractivity contribution in [3.8, 4) is 0 Å². The van der Waals surface area contributed by atoms with Gasteiger partial charge in [-0.05, 0) is 20.8 Å². The standard InChI is InChI=1S/C6H13IO2S/c1-6(2,3)10(8,9)5-4-7/h4-5H2,1-3H3. The second kappa shape index (κ2) is 3.38. The highest BCUT2D eigenvalue weighted by Crippen LogP contribution is 2.15. The van der Waals surface area contributed by atoms with Gasteiger partial charge in [0.15, 0.2) is 9.84 Å². The molecule has 0 aliphatic carbocycles. The minimum atomic E-state index is -2.86. The molecule has 0 aromatic carbocycles. The Labute approximate surface area is 76.5 Å². The molecule has 0 amide bonds. The molecular formula is C6H13IO2S. The monoisotopic (exact) mass is 276 g/mol. The number of rotatable bonds is 2. The lowest BCUT2D eigenvalue weighted by molar-refractivity contribution is 0.562.